The van der Waals surface area contributed by atoms with Crippen LogP contribution in [0.25, 0.3) is 0 Å². The summed E-state index contributed by atoms with van der Waals surface area (Å²) >= 11 is 9.43. The lowest BCUT2D eigenvalue weighted by Crippen LogP contribution is -2.15. The molecule has 0 bridgehead atoms. The lowest BCUT2D eigenvalue weighted by molar-refractivity contribution is 0.443. The molecule has 17 heavy (non-hydrogen) atoms. The van der Waals surface area contributed by atoms with Gasteiger partial charge in [0.1, 0.15) is 5.76 Å². The van der Waals surface area contributed by atoms with Gasteiger partial charge >= 0.3 is 0 Å². The maximum atomic E-state index is 6.17. The van der Waals surface area contributed by atoms with Crippen molar-refractivity contribution >= 4 is 27.5 Å². The molecule has 6 heteroatoms. The van der Waals surface area contributed by atoms with E-state index in [-0.39, 0.29) is 6.04 Å². The molecule has 4 nitrogen and oxygen atoms in total. The van der Waals surface area contributed by atoms with Gasteiger partial charge in [-0.25, -0.2) is 0 Å². The third kappa shape index (κ3) is 2.56. The average Bonchev–Trinajstić information content (AvgIpc) is 2.79. The van der Waals surface area contributed by atoms with Gasteiger partial charge in [0.2, 0.25) is 0 Å². The zero-order valence-corrected chi connectivity index (χ0v) is 11.9. The number of aromatic nitrogens is 2. The van der Waals surface area contributed by atoms with E-state index in [1.807, 2.05) is 26.1 Å². The van der Waals surface area contributed by atoms with Crippen molar-refractivity contribution in [1.82, 2.24) is 9.78 Å². The van der Waals surface area contributed by atoms with Crippen LogP contribution < -0.4 is 5.73 Å². The van der Waals surface area contributed by atoms with E-state index in [4.69, 9.17) is 21.8 Å². The Morgan fingerprint density at radius 1 is 1.59 bits per heavy atom. The topological polar surface area (TPSA) is 57.0 Å². The second kappa shape index (κ2) is 4.84. The first-order valence-corrected chi connectivity index (χ1v) is 6.35. The highest BCUT2D eigenvalue weighted by molar-refractivity contribution is 9.10. The van der Waals surface area contributed by atoms with E-state index in [1.165, 1.54) is 0 Å². The maximum absolute atomic E-state index is 6.17. The third-order valence-corrected chi connectivity index (χ3v) is 3.55. The van der Waals surface area contributed by atoms with E-state index >= 15 is 0 Å². The molecule has 0 aliphatic carbocycles. The number of hydrogen-bond acceptors (Lipinski definition) is 3. The molecule has 2 aromatic rings. The smallest absolute Gasteiger partial charge is 0.169 e. The Morgan fingerprint density at radius 3 is 2.76 bits per heavy atom. The second-order valence-corrected chi connectivity index (χ2v) is 5.08. The summed E-state index contributed by atoms with van der Waals surface area (Å²) in [6.07, 6.45) is 0.593. The van der Waals surface area contributed by atoms with Crippen molar-refractivity contribution < 1.29 is 4.42 Å². The summed E-state index contributed by atoms with van der Waals surface area (Å²) in [7, 11) is 1.86. The molecule has 92 valence electrons. The molecule has 0 fully saturated rings. The Hall–Kier alpha value is -0.780. The summed E-state index contributed by atoms with van der Waals surface area (Å²) in [6.45, 7) is 1.88. The molecule has 1 unspecified atom stereocenters. The fourth-order valence-corrected chi connectivity index (χ4v) is 2.29. The Morgan fingerprint density at radius 2 is 2.29 bits per heavy atom. The van der Waals surface area contributed by atoms with Crippen molar-refractivity contribution in [3.8, 4) is 0 Å². The second-order valence-electron chi connectivity index (χ2n) is 3.92. The van der Waals surface area contributed by atoms with Crippen molar-refractivity contribution in [1.29, 1.82) is 0 Å². The van der Waals surface area contributed by atoms with Crippen molar-refractivity contribution in [2.24, 2.45) is 12.8 Å². The molecule has 0 radical (unpaired) electrons. The van der Waals surface area contributed by atoms with Gasteiger partial charge in [0.05, 0.1) is 22.5 Å². The summed E-state index contributed by atoms with van der Waals surface area (Å²) in [4.78, 5) is 0. The van der Waals surface area contributed by atoms with Crippen molar-refractivity contribution in [3.05, 3.63) is 39.0 Å². The lowest BCUT2D eigenvalue weighted by atomic mass is 10.1. The molecule has 2 N–H and O–H groups in total. The number of halogens is 2. The fourth-order valence-electron chi connectivity index (χ4n) is 1.74. The Bertz CT molecular complexity index is 535. The molecule has 0 aliphatic rings. The van der Waals surface area contributed by atoms with Gasteiger partial charge in [-0.3, -0.25) is 4.68 Å². The van der Waals surface area contributed by atoms with E-state index in [0.717, 1.165) is 17.1 Å². The van der Waals surface area contributed by atoms with Crippen LogP contribution in [0.4, 0.5) is 0 Å². The van der Waals surface area contributed by atoms with Gasteiger partial charge in [0.15, 0.2) is 4.67 Å². The quantitative estimate of drug-likeness (QED) is 0.946. The molecule has 0 amide bonds. The lowest BCUT2D eigenvalue weighted by Gasteiger charge is -2.09. The zero-order valence-electron chi connectivity index (χ0n) is 9.58. The van der Waals surface area contributed by atoms with Gasteiger partial charge in [0.25, 0.3) is 0 Å². The highest BCUT2D eigenvalue weighted by Crippen LogP contribution is 2.26. The standard InChI is InChI=1S/C11H13BrClN3O/c1-6-11(13)8(16(2)15-6)5-7(14)9-3-4-10(12)17-9/h3-4,7H,5,14H2,1-2H3. The van der Waals surface area contributed by atoms with Crippen LogP contribution in [-0.2, 0) is 13.5 Å². The number of nitrogens with zero attached hydrogens (tertiary/aromatic N) is 2. The summed E-state index contributed by atoms with van der Waals surface area (Å²) in [6, 6.07) is 3.45. The summed E-state index contributed by atoms with van der Waals surface area (Å²) in [5.41, 5.74) is 7.81. The summed E-state index contributed by atoms with van der Waals surface area (Å²) < 4.78 is 7.86. The predicted molar refractivity (Wildman–Crippen MR) is 70.0 cm³/mol. The van der Waals surface area contributed by atoms with Gasteiger partial charge in [-0.05, 0) is 35.0 Å². The van der Waals surface area contributed by atoms with Crippen LogP contribution >= 0.6 is 27.5 Å². The van der Waals surface area contributed by atoms with Gasteiger partial charge < -0.3 is 10.2 Å². The van der Waals surface area contributed by atoms with Crippen molar-refractivity contribution in [2.75, 3.05) is 0 Å². The Kier molecular flexibility index (Phi) is 3.61. The molecule has 2 heterocycles. The highest BCUT2D eigenvalue weighted by atomic mass is 79.9. The molecule has 2 aromatic heterocycles. The SMILES string of the molecule is Cc1nn(C)c(CC(N)c2ccc(Br)o2)c1Cl. The minimum Gasteiger partial charge on any atom is -0.453 e. The molecule has 0 spiro atoms. The number of aryl methyl sites for hydroxylation is 2. The molecule has 0 aromatic carbocycles. The van der Waals surface area contributed by atoms with Crippen LogP contribution in [0.15, 0.2) is 21.2 Å². The van der Waals surface area contributed by atoms with E-state index in [0.29, 0.717) is 16.1 Å². The first kappa shape index (κ1) is 12.7. The molecule has 1 atom stereocenters. The van der Waals surface area contributed by atoms with E-state index in [2.05, 4.69) is 21.0 Å². The largest absolute Gasteiger partial charge is 0.453 e. The summed E-state index contributed by atoms with van der Waals surface area (Å²) in [5, 5.41) is 4.93. The first-order valence-electron chi connectivity index (χ1n) is 5.18. The van der Waals surface area contributed by atoms with Gasteiger partial charge in [-0.2, -0.15) is 5.10 Å². The number of rotatable bonds is 3. The van der Waals surface area contributed by atoms with Gasteiger partial charge in [0, 0.05) is 13.5 Å². The molecular formula is C11H13BrClN3O. The van der Waals surface area contributed by atoms with Crippen LogP contribution in [0.1, 0.15) is 23.2 Å². The van der Waals surface area contributed by atoms with Crippen LogP contribution in [0.2, 0.25) is 5.02 Å². The van der Waals surface area contributed by atoms with Crippen LogP contribution in [0.3, 0.4) is 0 Å². The zero-order chi connectivity index (χ0) is 12.6. The minimum absolute atomic E-state index is 0.228. The molecule has 0 saturated carbocycles. The maximum Gasteiger partial charge on any atom is 0.169 e. The van der Waals surface area contributed by atoms with Gasteiger partial charge in [-0.1, -0.05) is 11.6 Å². The molecule has 2 rings (SSSR count). The predicted octanol–water partition coefficient (Wildman–Crippen LogP) is 2.98. The fraction of sp³-hybridized carbons (Fsp3) is 0.364. The Labute approximate surface area is 113 Å². The number of hydrogen-bond donors (Lipinski definition) is 1. The molecule has 0 saturated heterocycles. The minimum atomic E-state index is -0.228. The van der Waals surface area contributed by atoms with Crippen molar-refractivity contribution in [3.63, 3.8) is 0 Å². The number of furan rings is 1. The first-order chi connectivity index (χ1) is 7.99. The van der Waals surface area contributed by atoms with E-state index in [1.54, 1.807) is 4.68 Å². The highest BCUT2D eigenvalue weighted by Gasteiger charge is 2.17. The summed E-state index contributed by atoms with van der Waals surface area (Å²) in [5.74, 6) is 0.729. The van der Waals surface area contributed by atoms with E-state index in [9.17, 15) is 0 Å². The normalized spacial score (nSPS) is 13.0. The van der Waals surface area contributed by atoms with E-state index < -0.39 is 0 Å². The third-order valence-electron chi connectivity index (χ3n) is 2.63. The average molecular weight is 319 g/mol. The van der Waals surface area contributed by atoms with Crippen LogP contribution in [0, 0.1) is 6.92 Å². The van der Waals surface area contributed by atoms with Crippen LogP contribution in [0.5, 0.6) is 0 Å². The van der Waals surface area contributed by atoms with Crippen molar-refractivity contribution in [2.45, 2.75) is 19.4 Å². The monoisotopic (exact) mass is 317 g/mol. The number of nitrogens with two attached hydrogens (primary N) is 1. The van der Waals surface area contributed by atoms with Crippen LogP contribution in [-0.4, -0.2) is 9.78 Å². The Balaban J connectivity index is 2.21. The van der Waals surface area contributed by atoms with Gasteiger partial charge in [-0.15, -0.1) is 0 Å². The molecule has 0 aliphatic heterocycles. The molecular weight excluding hydrogens is 305 g/mol.